The summed E-state index contributed by atoms with van der Waals surface area (Å²) in [5, 5.41) is 14.0. The first-order valence-electron chi connectivity index (χ1n) is 23.0. The largest absolute Gasteiger partial charge is 0.495 e. The lowest BCUT2D eigenvalue weighted by atomic mass is 9.77. The summed E-state index contributed by atoms with van der Waals surface area (Å²) in [7, 11) is 6.06. The van der Waals surface area contributed by atoms with Crippen LogP contribution >= 0.6 is 23.4 Å². The molecular formula is C48H66ClN5O12S. The van der Waals surface area contributed by atoms with E-state index in [0.29, 0.717) is 50.1 Å². The predicted molar refractivity (Wildman–Crippen MR) is 251 cm³/mol. The first-order valence-corrected chi connectivity index (χ1v) is 24.4. The van der Waals surface area contributed by atoms with E-state index < -0.39 is 58.9 Å². The second kappa shape index (κ2) is 21.4. The van der Waals surface area contributed by atoms with Crippen LogP contribution in [-0.2, 0) is 49.4 Å². The van der Waals surface area contributed by atoms with Crippen molar-refractivity contribution in [3.05, 3.63) is 46.5 Å². The maximum Gasteiger partial charge on any atom is 0.409 e. The number of rotatable bonds is 13. The van der Waals surface area contributed by atoms with Gasteiger partial charge in [-0.05, 0) is 76.5 Å². The highest BCUT2D eigenvalue weighted by molar-refractivity contribution is 8.00. The smallest absolute Gasteiger partial charge is 0.409 e. The number of nitrogens with one attached hydrogen (secondary N) is 1. The highest BCUT2D eigenvalue weighted by Gasteiger charge is 2.63. The van der Waals surface area contributed by atoms with Crippen molar-refractivity contribution in [2.45, 2.75) is 133 Å². The summed E-state index contributed by atoms with van der Waals surface area (Å²) in [6.45, 7) is 7.49. The van der Waals surface area contributed by atoms with Crippen molar-refractivity contribution in [3.8, 4) is 5.75 Å². The molecule has 19 heteroatoms. The minimum atomic E-state index is -1.84. The number of carbonyl (C=O) groups is 7. The van der Waals surface area contributed by atoms with Gasteiger partial charge in [-0.1, -0.05) is 42.3 Å². The first kappa shape index (κ1) is 51.9. The lowest BCUT2D eigenvalue weighted by molar-refractivity contribution is -0.142. The number of aliphatic hydroxyl groups is 1. The number of carbonyl (C=O) groups excluding carboxylic acids is 7. The number of primary amides is 1. The number of fused-ring (bicyclic) bond motifs is 5. The number of methoxy groups -OCH3 is 2. The number of nitrogens with two attached hydrogens (primary N) is 1. The van der Waals surface area contributed by atoms with Crippen molar-refractivity contribution in [2.24, 2.45) is 29.4 Å². The molecule has 17 nitrogen and oxygen atoms in total. The number of nitrogens with zero attached hydrogens (tertiary/aromatic N) is 3. The molecule has 5 aliphatic rings. The normalized spacial score (nSPS) is 33.1. The summed E-state index contributed by atoms with van der Waals surface area (Å²) < 4.78 is 23.4. The van der Waals surface area contributed by atoms with Gasteiger partial charge in [-0.3, -0.25) is 39.0 Å². The molecule has 4 aliphatic heterocycles. The zero-order valence-electron chi connectivity index (χ0n) is 39.7. The number of likely N-dealkylation sites (N-methyl/N-ethyl adjacent to an activating group) is 1. The van der Waals surface area contributed by atoms with E-state index in [1.54, 1.807) is 32.2 Å². The number of thioether (sulfide) groups is 1. The predicted octanol–water partition coefficient (Wildman–Crippen LogP) is 4.72. The van der Waals surface area contributed by atoms with E-state index in [-0.39, 0.29) is 90.0 Å². The first-order chi connectivity index (χ1) is 31.6. The van der Waals surface area contributed by atoms with Gasteiger partial charge in [0.25, 0.3) is 0 Å². The van der Waals surface area contributed by atoms with Crippen LogP contribution in [0.3, 0.4) is 0 Å². The molecule has 9 atom stereocenters. The van der Waals surface area contributed by atoms with Crippen LogP contribution in [0.2, 0.25) is 5.02 Å². The van der Waals surface area contributed by atoms with Gasteiger partial charge in [-0.2, -0.15) is 0 Å². The summed E-state index contributed by atoms with van der Waals surface area (Å²) in [4.78, 5) is 97.1. The van der Waals surface area contributed by atoms with Crippen molar-refractivity contribution in [1.29, 1.82) is 0 Å². The lowest BCUT2D eigenvalue weighted by Gasteiger charge is -2.42. The zero-order valence-corrected chi connectivity index (χ0v) is 41.3. The molecule has 368 valence electrons. The summed E-state index contributed by atoms with van der Waals surface area (Å²) in [6.07, 6.45) is 4.88. The molecule has 1 unspecified atom stereocenters. The molecule has 1 saturated carbocycles. The fourth-order valence-corrected chi connectivity index (χ4v) is 11.4. The summed E-state index contributed by atoms with van der Waals surface area (Å²) in [5.41, 5.74) is 4.68. The van der Waals surface area contributed by atoms with E-state index in [1.165, 1.54) is 47.7 Å². The third kappa shape index (κ3) is 11.7. The number of epoxide rings is 1. The van der Waals surface area contributed by atoms with E-state index >= 15 is 0 Å². The van der Waals surface area contributed by atoms with Crippen LogP contribution in [-0.4, -0.2) is 138 Å². The zero-order chi connectivity index (χ0) is 49.1. The maximum absolute atomic E-state index is 14.4. The van der Waals surface area contributed by atoms with Gasteiger partial charge in [0.15, 0.2) is 11.5 Å². The molecule has 6 rings (SSSR count). The number of anilines is 1. The van der Waals surface area contributed by atoms with Crippen LogP contribution in [0.4, 0.5) is 10.5 Å². The molecule has 4 fully saturated rings. The van der Waals surface area contributed by atoms with E-state index in [2.05, 4.69) is 5.32 Å². The standard InChI is InChI=1S/C48H66ClN5O12S/c1-26-10-9-11-38(64-8)48(62)24-36(65-46(61)51-48)27(2)43-47(4,66-43)32(22-40(57)53(6)33-19-30(18-26)20-35(63-7)42(33)49)21-34(55)28(3)52(5)39(56)16-17-67-37-23-41(58)54(45(37)60)25-29-12-14-31(15-13-29)44(50)59/h9-11,19-20,27-29,31-32,36-38,43,62H,12-18,21-25H2,1-8H3,(H2,50,59)(H,51,61)/b11-9+,26-10+/t27-,28+,29?,31?,32+,36+,37?,38-,43+,47+,48+/m1/s1. The molecule has 3 saturated heterocycles. The van der Waals surface area contributed by atoms with E-state index in [4.69, 9.17) is 36.3 Å². The third-order valence-corrected chi connectivity index (χ3v) is 16.2. The number of imide groups is 1. The van der Waals surface area contributed by atoms with Gasteiger partial charge < -0.3 is 39.6 Å². The van der Waals surface area contributed by atoms with Crippen molar-refractivity contribution in [1.82, 2.24) is 15.1 Å². The molecule has 0 aromatic heterocycles. The Morgan fingerprint density at radius 2 is 1.81 bits per heavy atom. The van der Waals surface area contributed by atoms with Gasteiger partial charge in [0, 0.05) is 83.4 Å². The average molecular weight is 973 g/mol. The molecule has 4 N–H and O–H groups in total. The van der Waals surface area contributed by atoms with Crippen LogP contribution < -0.4 is 20.7 Å². The number of ether oxygens (including phenoxy) is 4. The van der Waals surface area contributed by atoms with Crippen LogP contribution in [0.15, 0.2) is 35.9 Å². The Balaban J connectivity index is 1.16. The van der Waals surface area contributed by atoms with Crippen LogP contribution in [0.25, 0.3) is 0 Å². The Morgan fingerprint density at radius 1 is 1.10 bits per heavy atom. The minimum absolute atomic E-state index is 0.0145. The Bertz CT molecular complexity index is 2170. The molecular weight excluding hydrogens is 906 g/mol. The SMILES string of the molecule is COc1cc2cc(c1Cl)N(C)C(=O)C[C@H](CC(=O)[C@H](C)N(C)C(=O)CCSC1CC(=O)N(CC3CCC(C(N)=O)CC3)C1=O)[C@]1(C)O[C@H]1[C@H](C)[C@@H]1C[C@@](O)(NC(=O)O1)[C@H](OC)/C=C/C=C(\C)C2. The molecule has 4 bridgehead atoms. The van der Waals surface area contributed by atoms with Crippen LogP contribution in [0.1, 0.15) is 91.0 Å². The van der Waals surface area contributed by atoms with Crippen molar-refractivity contribution in [2.75, 3.05) is 45.5 Å². The van der Waals surface area contributed by atoms with Gasteiger partial charge in [-0.25, -0.2) is 4.79 Å². The minimum Gasteiger partial charge on any atom is -0.495 e. The Hall–Kier alpha value is -4.49. The number of hydrogen-bond donors (Lipinski definition) is 3. The summed E-state index contributed by atoms with van der Waals surface area (Å²) in [5.74, 6) is -2.52. The number of benzene rings is 1. The van der Waals surface area contributed by atoms with Crippen molar-refractivity contribution >= 4 is 70.5 Å². The molecule has 1 aromatic rings. The van der Waals surface area contributed by atoms with Gasteiger partial charge in [0.05, 0.1) is 35.8 Å². The number of hydrogen-bond acceptors (Lipinski definition) is 13. The van der Waals surface area contributed by atoms with E-state index in [1.807, 2.05) is 32.9 Å². The van der Waals surface area contributed by atoms with Crippen molar-refractivity contribution in [3.63, 3.8) is 0 Å². The topological polar surface area (TPSA) is 228 Å². The number of ketones is 1. The molecule has 4 heterocycles. The fraction of sp³-hybridized carbons (Fsp3) is 0.646. The van der Waals surface area contributed by atoms with Gasteiger partial charge in [-0.15, -0.1) is 11.8 Å². The Kier molecular flexibility index (Phi) is 16.6. The molecule has 6 amide bonds. The molecule has 0 spiro atoms. The Morgan fingerprint density at radius 3 is 2.46 bits per heavy atom. The van der Waals surface area contributed by atoms with Crippen molar-refractivity contribution < 1.29 is 57.6 Å². The highest BCUT2D eigenvalue weighted by atomic mass is 35.5. The van der Waals surface area contributed by atoms with E-state index in [0.717, 1.165) is 11.1 Å². The monoisotopic (exact) mass is 971 g/mol. The third-order valence-electron chi connectivity index (χ3n) is 14.6. The Labute approximate surface area is 401 Å². The molecule has 67 heavy (non-hydrogen) atoms. The molecule has 1 aliphatic carbocycles. The number of halogens is 1. The number of likely N-dealkylation sites (tertiary alicyclic amines) is 1. The average Bonchev–Trinajstić information content (AvgIpc) is 3.91. The number of amides is 6. The number of allylic oxidation sites excluding steroid dienone is 3. The molecule has 0 radical (unpaired) electrons. The summed E-state index contributed by atoms with van der Waals surface area (Å²) >= 11 is 8.08. The second-order valence-electron chi connectivity index (χ2n) is 19.1. The van der Waals surface area contributed by atoms with E-state index in [9.17, 15) is 38.7 Å². The lowest BCUT2D eigenvalue weighted by Crippen LogP contribution is -2.63. The number of Topliss-reactive ketones (excluding diaryl/α,β-unsaturated/α-hetero) is 1. The second-order valence-corrected chi connectivity index (χ2v) is 20.8. The molecule has 1 aromatic carbocycles. The fourth-order valence-electron chi connectivity index (χ4n) is 10.0. The summed E-state index contributed by atoms with van der Waals surface area (Å²) in [6, 6.07) is 2.70. The van der Waals surface area contributed by atoms with Crippen LogP contribution in [0.5, 0.6) is 5.75 Å². The van der Waals surface area contributed by atoms with Gasteiger partial charge in [0.2, 0.25) is 29.5 Å². The van der Waals surface area contributed by atoms with Gasteiger partial charge >= 0.3 is 6.09 Å². The van der Waals surface area contributed by atoms with Gasteiger partial charge in [0.1, 0.15) is 23.0 Å². The quantitative estimate of drug-likeness (QED) is 0.180. The maximum atomic E-state index is 14.4. The highest BCUT2D eigenvalue weighted by Crippen LogP contribution is 2.52. The number of alkyl carbamates (subject to hydrolysis) is 1. The van der Waals surface area contributed by atoms with Crippen LogP contribution in [0, 0.1) is 23.7 Å².